The SMILES string of the molecule is CCNC(=NCC1CC(=O)N(CCc2ccccc2)C1)NCCNC(=O)C1CC1.I. The van der Waals surface area contributed by atoms with Gasteiger partial charge in [-0.2, -0.15) is 0 Å². The molecule has 8 heteroatoms. The molecule has 0 bridgehead atoms. The van der Waals surface area contributed by atoms with E-state index >= 15 is 0 Å². The van der Waals surface area contributed by atoms with Crippen molar-refractivity contribution < 1.29 is 9.59 Å². The Bertz CT molecular complexity index is 709. The fourth-order valence-corrected chi connectivity index (χ4v) is 3.52. The Morgan fingerprint density at radius 3 is 2.57 bits per heavy atom. The molecule has 1 saturated heterocycles. The van der Waals surface area contributed by atoms with E-state index in [1.165, 1.54) is 5.56 Å². The zero-order chi connectivity index (χ0) is 20.5. The molecule has 1 saturated carbocycles. The maximum absolute atomic E-state index is 12.3. The standard InChI is InChI=1S/C22H33N5O2.HI/c1-2-23-22(25-12-11-24-21(29)19-8-9-19)26-15-18-14-20(28)27(16-18)13-10-17-6-4-3-5-7-17;/h3-7,18-19H,2,8-16H2,1H3,(H,24,29)(H2,23,25,26);1H. The summed E-state index contributed by atoms with van der Waals surface area (Å²) in [5.74, 6) is 1.61. The lowest BCUT2D eigenvalue weighted by Gasteiger charge is -2.16. The topological polar surface area (TPSA) is 85.8 Å². The number of nitrogens with zero attached hydrogens (tertiary/aromatic N) is 2. The predicted octanol–water partition coefficient (Wildman–Crippen LogP) is 1.78. The van der Waals surface area contributed by atoms with E-state index in [1.807, 2.05) is 30.0 Å². The highest BCUT2D eigenvalue weighted by atomic mass is 127. The van der Waals surface area contributed by atoms with Crippen molar-refractivity contribution in [3.05, 3.63) is 35.9 Å². The van der Waals surface area contributed by atoms with E-state index in [1.54, 1.807) is 0 Å². The number of halogens is 1. The van der Waals surface area contributed by atoms with Gasteiger partial charge in [0.2, 0.25) is 11.8 Å². The molecule has 1 unspecified atom stereocenters. The number of guanidine groups is 1. The van der Waals surface area contributed by atoms with Crippen molar-refractivity contribution >= 4 is 41.8 Å². The fourth-order valence-electron chi connectivity index (χ4n) is 3.52. The third-order valence-corrected chi connectivity index (χ3v) is 5.32. The highest BCUT2D eigenvalue weighted by Crippen LogP contribution is 2.28. The van der Waals surface area contributed by atoms with E-state index in [0.29, 0.717) is 26.1 Å². The average molecular weight is 527 g/mol. The normalized spacial score (nSPS) is 18.7. The van der Waals surface area contributed by atoms with Gasteiger partial charge in [-0.1, -0.05) is 30.3 Å². The van der Waals surface area contributed by atoms with Crippen LogP contribution in [0, 0.1) is 11.8 Å². The van der Waals surface area contributed by atoms with Gasteiger partial charge in [-0.15, -0.1) is 24.0 Å². The van der Waals surface area contributed by atoms with Crippen LogP contribution in [0.2, 0.25) is 0 Å². The lowest BCUT2D eigenvalue weighted by atomic mass is 10.1. The molecule has 0 radical (unpaired) electrons. The Morgan fingerprint density at radius 2 is 1.87 bits per heavy atom. The van der Waals surface area contributed by atoms with Crippen molar-refractivity contribution in [2.75, 3.05) is 39.3 Å². The molecule has 7 nitrogen and oxygen atoms in total. The molecule has 1 heterocycles. The molecule has 1 aliphatic heterocycles. The molecule has 3 rings (SSSR count). The van der Waals surface area contributed by atoms with E-state index in [0.717, 1.165) is 44.9 Å². The Balaban J connectivity index is 0.00000320. The van der Waals surface area contributed by atoms with Gasteiger partial charge in [-0.05, 0) is 31.7 Å². The Kier molecular flexibility index (Phi) is 10.4. The van der Waals surface area contributed by atoms with Crippen molar-refractivity contribution in [2.45, 2.75) is 32.6 Å². The number of amides is 2. The minimum Gasteiger partial charge on any atom is -0.357 e. The van der Waals surface area contributed by atoms with Gasteiger partial charge in [0.15, 0.2) is 5.96 Å². The first-order chi connectivity index (χ1) is 14.2. The predicted molar refractivity (Wildman–Crippen MR) is 130 cm³/mol. The summed E-state index contributed by atoms with van der Waals surface area (Å²) in [5.41, 5.74) is 1.26. The van der Waals surface area contributed by atoms with E-state index in [-0.39, 0.29) is 47.6 Å². The number of benzene rings is 1. The molecule has 1 aliphatic carbocycles. The largest absolute Gasteiger partial charge is 0.357 e. The first-order valence-electron chi connectivity index (χ1n) is 10.8. The number of likely N-dealkylation sites (tertiary alicyclic amines) is 1. The highest BCUT2D eigenvalue weighted by molar-refractivity contribution is 14.0. The van der Waals surface area contributed by atoms with Gasteiger partial charge >= 0.3 is 0 Å². The number of rotatable bonds is 10. The van der Waals surface area contributed by atoms with Crippen molar-refractivity contribution in [1.82, 2.24) is 20.9 Å². The molecule has 1 aromatic carbocycles. The second-order valence-corrected chi connectivity index (χ2v) is 7.86. The van der Waals surface area contributed by atoms with Crippen LogP contribution >= 0.6 is 24.0 Å². The maximum atomic E-state index is 12.3. The number of carbonyl (C=O) groups excluding carboxylic acids is 2. The summed E-state index contributed by atoms with van der Waals surface area (Å²) < 4.78 is 0. The van der Waals surface area contributed by atoms with Gasteiger partial charge in [0.1, 0.15) is 0 Å². The molecular formula is C22H34IN5O2. The minimum atomic E-state index is 0. The molecular weight excluding hydrogens is 493 g/mol. The average Bonchev–Trinajstić information content (AvgIpc) is 3.52. The van der Waals surface area contributed by atoms with Crippen molar-refractivity contribution in [3.63, 3.8) is 0 Å². The van der Waals surface area contributed by atoms with Crippen LogP contribution in [0.15, 0.2) is 35.3 Å². The molecule has 2 fully saturated rings. The van der Waals surface area contributed by atoms with Crippen LogP contribution in [-0.2, 0) is 16.0 Å². The molecule has 166 valence electrons. The summed E-state index contributed by atoms with van der Waals surface area (Å²) in [7, 11) is 0. The molecule has 2 aliphatic rings. The molecule has 30 heavy (non-hydrogen) atoms. The van der Waals surface area contributed by atoms with Crippen LogP contribution in [0.5, 0.6) is 0 Å². The van der Waals surface area contributed by atoms with E-state index in [9.17, 15) is 9.59 Å². The molecule has 0 aromatic heterocycles. The first-order valence-corrected chi connectivity index (χ1v) is 10.8. The lowest BCUT2D eigenvalue weighted by Crippen LogP contribution is -2.42. The lowest BCUT2D eigenvalue weighted by molar-refractivity contribution is -0.127. The van der Waals surface area contributed by atoms with Crippen LogP contribution in [0.3, 0.4) is 0 Å². The smallest absolute Gasteiger partial charge is 0.223 e. The van der Waals surface area contributed by atoms with Gasteiger partial charge in [0, 0.05) is 57.5 Å². The van der Waals surface area contributed by atoms with Crippen molar-refractivity contribution in [2.24, 2.45) is 16.8 Å². The number of hydrogen-bond acceptors (Lipinski definition) is 3. The Labute approximate surface area is 196 Å². The fraction of sp³-hybridized carbons (Fsp3) is 0.591. The maximum Gasteiger partial charge on any atom is 0.223 e. The summed E-state index contributed by atoms with van der Waals surface area (Å²) in [6.45, 7) is 6.18. The Morgan fingerprint density at radius 1 is 1.13 bits per heavy atom. The number of nitrogens with one attached hydrogen (secondary N) is 3. The minimum absolute atomic E-state index is 0. The quantitative estimate of drug-likeness (QED) is 0.188. The van der Waals surface area contributed by atoms with Crippen LogP contribution in [0.1, 0.15) is 31.7 Å². The first kappa shape index (κ1) is 24.4. The second-order valence-electron chi connectivity index (χ2n) is 7.86. The van der Waals surface area contributed by atoms with Gasteiger partial charge in [0.05, 0.1) is 0 Å². The zero-order valence-corrected chi connectivity index (χ0v) is 20.1. The van der Waals surface area contributed by atoms with Gasteiger partial charge in [-0.25, -0.2) is 0 Å². The van der Waals surface area contributed by atoms with Crippen LogP contribution < -0.4 is 16.0 Å². The molecule has 1 atom stereocenters. The highest BCUT2D eigenvalue weighted by Gasteiger charge is 2.29. The summed E-state index contributed by atoms with van der Waals surface area (Å²) >= 11 is 0. The Hall–Kier alpha value is -1.84. The summed E-state index contributed by atoms with van der Waals surface area (Å²) in [6.07, 6.45) is 3.49. The van der Waals surface area contributed by atoms with Crippen LogP contribution in [-0.4, -0.2) is 61.9 Å². The van der Waals surface area contributed by atoms with Gasteiger partial charge in [-0.3, -0.25) is 14.6 Å². The summed E-state index contributed by atoms with van der Waals surface area (Å²) in [4.78, 5) is 30.6. The van der Waals surface area contributed by atoms with E-state index in [2.05, 4.69) is 33.1 Å². The second kappa shape index (κ2) is 12.8. The molecule has 1 aromatic rings. The number of carbonyl (C=O) groups is 2. The van der Waals surface area contributed by atoms with Crippen LogP contribution in [0.4, 0.5) is 0 Å². The third-order valence-electron chi connectivity index (χ3n) is 5.32. The number of hydrogen-bond donors (Lipinski definition) is 3. The molecule has 2 amide bonds. The van der Waals surface area contributed by atoms with Crippen molar-refractivity contribution in [3.8, 4) is 0 Å². The van der Waals surface area contributed by atoms with Gasteiger partial charge in [0.25, 0.3) is 0 Å². The van der Waals surface area contributed by atoms with E-state index in [4.69, 9.17) is 0 Å². The van der Waals surface area contributed by atoms with Gasteiger partial charge < -0.3 is 20.9 Å². The van der Waals surface area contributed by atoms with Crippen LogP contribution in [0.25, 0.3) is 0 Å². The summed E-state index contributed by atoms with van der Waals surface area (Å²) in [5, 5.41) is 9.42. The molecule has 3 N–H and O–H groups in total. The zero-order valence-electron chi connectivity index (χ0n) is 17.7. The third kappa shape index (κ3) is 8.12. The van der Waals surface area contributed by atoms with Crippen molar-refractivity contribution in [1.29, 1.82) is 0 Å². The van der Waals surface area contributed by atoms with E-state index < -0.39 is 0 Å². The summed E-state index contributed by atoms with van der Waals surface area (Å²) in [6, 6.07) is 10.3. The number of aliphatic imine (C=N–C) groups is 1. The molecule has 0 spiro atoms. The monoisotopic (exact) mass is 527 g/mol.